The van der Waals surface area contributed by atoms with Crippen molar-refractivity contribution >= 4 is 17.2 Å². The Morgan fingerprint density at radius 1 is 1.73 bits per heavy atom. The van der Waals surface area contributed by atoms with Crippen molar-refractivity contribution in [2.24, 2.45) is 5.84 Å². The third-order valence-electron chi connectivity index (χ3n) is 2.36. The third kappa shape index (κ3) is 2.01. The van der Waals surface area contributed by atoms with E-state index in [0.29, 0.717) is 10.6 Å². The molecule has 82 valence electrons. The number of aromatic nitrogens is 1. The van der Waals surface area contributed by atoms with Crippen molar-refractivity contribution < 1.29 is 9.53 Å². The molecule has 0 radical (unpaired) electrons. The number of amides is 1. The molecule has 15 heavy (non-hydrogen) atoms. The van der Waals surface area contributed by atoms with Gasteiger partial charge in [0.25, 0.3) is 5.91 Å². The predicted octanol–water partition coefficient (Wildman–Crippen LogP) is 0.907. The van der Waals surface area contributed by atoms with Crippen molar-refractivity contribution in [1.82, 2.24) is 10.4 Å². The Kier molecular flexibility index (Phi) is 2.99. The number of rotatable bonds is 2. The van der Waals surface area contributed by atoms with Crippen LogP contribution in [0.15, 0.2) is 0 Å². The van der Waals surface area contributed by atoms with Gasteiger partial charge >= 0.3 is 0 Å². The smallest absolute Gasteiger partial charge is 0.277 e. The molecule has 1 fully saturated rings. The number of carbonyl (C=O) groups is 1. The van der Waals surface area contributed by atoms with Gasteiger partial charge in [-0.3, -0.25) is 10.2 Å². The highest BCUT2D eigenvalue weighted by Gasteiger charge is 2.24. The highest BCUT2D eigenvalue weighted by atomic mass is 32.1. The van der Waals surface area contributed by atoms with Crippen LogP contribution in [0.5, 0.6) is 0 Å². The Labute approximate surface area is 91.6 Å². The van der Waals surface area contributed by atoms with Crippen LogP contribution < -0.4 is 11.3 Å². The second-order valence-electron chi connectivity index (χ2n) is 3.44. The molecule has 1 amide bonds. The van der Waals surface area contributed by atoms with Crippen LogP contribution in [-0.4, -0.2) is 17.5 Å². The number of hydrazine groups is 1. The molecule has 1 saturated heterocycles. The number of ether oxygens (including phenoxy) is 1. The molecular formula is C9H13N3O2S. The van der Waals surface area contributed by atoms with Crippen molar-refractivity contribution in [3.63, 3.8) is 0 Å². The van der Waals surface area contributed by atoms with Gasteiger partial charge in [-0.05, 0) is 19.8 Å². The van der Waals surface area contributed by atoms with Gasteiger partial charge in [0.1, 0.15) is 16.0 Å². The first kappa shape index (κ1) is 10.5. The normalized spacial score (nSPS) is 20.5. The summed E-state index contributed by atoms with van der Waals surface area (Å²) < 4.78 is 5.51. The molecule has 0 aliphatic carbocycles. The predicted molar refractivity (Wildman–Crippen MR) is 56.4 cm³/mol. The third-order valence-corrected chi connectivity index (χ3v) is 3.60. The number of nitrogens with zero attached hydrogens (tertiary/aromatic N) is 1. The summed E-state index contributed by atoms with van der Waals surface area (Å²) >= 11 is 1.36. The molecule has 1 aromatic heterocycles. The minimum Gasteiger partial charge on any atom is -0.371 e. The Balaban J connectivity index is 2.23. The lowest BCUT2D eigenvalue weighted by molar-refractivity contribution is 0.0957. The summed E-state index contributed by atoms with van der Waals surface area (Å²) in [7, 11) is 0. The molecule has 3 N–H and O–H groups in total. The quantitative estimate of drug-likeness (QED) is 0.447. The lowest BCUT2D eigenvalue weighted by atomic mass is 10.2. The zero-order chi connectivity index (χ0) is 10.8. The zero-order valence-electron chi connectivity index (χ0n) is 8.45. The molecule has 1 atom stereocenters. The number of hydrogen-bond acceptors (Lipinski definition) is 5. The zero-order valence-corrected chi connectivity index (χ0v) is 9.26. The van der Waals surface area contributed by atoms with E-state index in [-0.39, 0.29) is 12.0 Å². The molecule has 1 aliphatic rings. The van der Waals surface area contributed by atoms with Crippen LogP contribution >= 0.6 is 11.3 Å². The molecular weight excluding hydrogens is 214 g/mol. The van der Waals surface area contributed by atoms with Crippen LogP contribution in [0.2, 0.25) is 0 Å². The molecule has 0 saturated carbocycles. The summed E-state index contributed by atoms with van der Waals surface area (Å²) in [4.78, 5) is 16.3. The molecule has 0 bridgehead atoms. The summed E-state index contributed by atoms with van der Waals surface area (Å²) in [6, 6.07) is 0. The maximum absolute atomic E-state index is 11.4. The second kappa shape index (κ2) is 4.26. The van der Waals surface area contributed by atoms with Crippen molar-refractivity contribution in [3.05, 3.63) is 15.6 Å². The Bertz CT molecular complexity index is 371. The summed E-state index contributed by atoms with van der Waals surface area (Å²) in [6.07, 6.45) is 2.10. The van der Waals surface area contributed by atoms with Gasteiger partial charge in [-0.1, -0.05) is 0 Å². The molecule has 5 nitrogen and oxygen atoms in total. The van der Waals surface area contributed by atoms with Gasteiger partial charge in [0.2, 0.25) is 0 Å². The average molecular weight is 227 g/mol. The van der Waals surface area contributed by atoms with Gasteiger partial charge in [0.15, 0.2) is 0 Å². The monoisotopic (exact) mass is 227 g/mol. The number of nitrogens with two attached hydrogens (primary N) is 1. The number of nitrogen functional groups attached to an aromatic ring is 1. The van der Waals surface area contributed by atoms with Crippen molar-refractivity contribution in [2.45, 2.75) is 25.9 Å². The summed E-state index contributed by atoms with van der Waals surface area (Å²) in [5, 5.41) is 0.878. The summed E-state index contributed by atoms with van der Waals surface area (Å²) in [6.45, 7) is 2.58. The molecule has 0 aromatic carbocycles. The van der Waals surface area contributed by atoms with Crippen molar-refractivity contribution in [1.29, 1.82) is 0 Å². The molecule has 6 heteroatoms. The van der Waals surface area contributed by atoms with Crippen molar-refractivity contribution in [3.8, 4) is 0 Å². The first-order valence-corrected chi connectivity index (χ1v) is 5.64. The van der Waals surface area contributed by atoms with Gasteiger partial charge in [0, 0.05) is 6.61 Å². The minimum atomic E-state index is -0.283. The Morgan fingerprint density at radius 3 is 3.13 bits per heavy atom. The topological polar surface area (TPSA) is 77.2 Å². The number of hydrogen-bond donors (Lipinski definition) is 2. The maximum atomic E-state index is 11.4. The van der Waals surface area contributed by atoms with Crippen LogP contribution in [0.4, 0.5) is 0 Å². The van der Waals surface area contributed by atoms with Gasteiger partial charge in [-0.25, -0.2) is 10.8 Å². The van der Waals surface area contributed by atoms with Gasteiger partial charge in [-0.2, -0.15) is 0 Å². The van der Waals surface area contributed by atoms with Crippen LogP contribution in [0.3, 0.4) is 0 Å². The van der Waals surface area contributed by atoms with E-state index in [2.05, 4.69) is 10.4 Å². The fourth-order valence-electron chi connectivity index (χ4n) is 1.60. The van der Waals surface area contributed by atoms with Crippen LogP contribution in [0.1, 0.15) is 39.3 Å². The largest absolute Gasteiger partial charge is 0.371 e. The molecule has 1 aliphatic heterocycles. The van der Waals surface area contributed by atoms with E-state index in [4.69, 9.17) is 10.6 Å². The minimum absolute atomic E-state index is 0.0630. The average Bonchev–Trinajstić information content (AvgIpc) is 2.84. The first-order valence-electron chi connectivity index (χ1n) is 4.82. The number of nitrogens with one attached hydrogen (secondary N) is 1. The van der Waals surface area contributed by atoms with Crippen molar-refractivity contribution in [2.75, 3.05) is 6.61 Å². The number of carbonyl (C=O) groups excluding carboxylic acids is 1. The fraction of sp³-hybridized carbons (Fsp3) is 0.556. The molecule has 2 rings (SSSR count). The molecule has 1 unspecified atom stereocenters. The second-order valence-corrected chi connectivity index (χ2v) is 4.47. The van der Waals surface area contributed by atoms with Gasteiger partial charge in [0.05, 0.1) is 5.69 Å². The SMILES string of the molecule is Cc1nc(C2CCCO2)sc1C(=O)NN. The van der Waals surface area contributed by atoms with E-state index in [0.717, 1.165) is 24.5 Å². The van der Waals surface area contributed by atoms with Crippen LogP contribution in [0, 0.1) is 6.92 Å². The summed E-state index contributed by atoms with van der Waals surface area (Å²) in [5.41, 5.74) is 2.83. The Morgan fingerprint density at radius 2 is 2.53 bits per heavy atom. The highest BCUT2D eigenvalue weighted by molar-refractivity contribution is 7.13. The van der Waals surface area contributed by atoms with Crippen LogP contribution in [-0.2, 0) is 4.74 Å². The lowest BCUT2D eigenvalue weighted by Gasteiger charge is -2.03. The Hall–Kier alpha value is -0.980. The van der Waals surface area contributed by atoms with Gasteiger partial charge in [-0.15, -0.1) is 11.3 Å². The van der Waals surface area contributed by atoms with E-state index in [1.165, 1.54) is 11.3 Å². The lowest BCUT2D eigenvalue weighted by Crippen LogP contribution is -2.29. The van der Waals surface area contributed by atoms with E-state index >= 15 is 0 Å². The van der Waals surface area contributed by atoms with E-state index in [9.17, 15) is 4.79 Å². The molecule has 1 aromatic rings. The highest BCUT2D eigenvalue weighted by Crippen LogP contribution is 2.32. The fourth-order valence-corrected chi connectivity index (χ4v) is 2.66. The maximum Gasteiger partial charge on any atom is 0.277 e. The standard InChI is InChI=1S/C9H13N3O2S/c1-5-7(8(13)12-10)15-9(11-5)6-3-2-4-14-6/h6H,2-4,10H2,1H3,(H,12,13). The van der Waals surface area contributed by atoms with E-state index in [1.807, 2.05) is 0 Å². The number of aryl methyl sites for hydroxylation is 1. The first-order chi connectivity index (χ1) is 7.22. The van der Waals surface area contributed by atoms with Crippen LogP contribution in [0.25, 0.3) is 0 Å². The number of thiazole rings is 1. The summed E-state index contributed by atoms with van der Waals surface area (Å²) in [5.74, 6) is 4.80. The van der Waals surface area contributed by atoms with Gasteiger partial charge < -0.3 is 4.74 Å². The van der Waals surface area contributed by atoms with E-state index in [1.54, 1.807) is 6.92 Å². The van der Waals surface area contributed by atoms with E-state index < -0.39 is 0 Å². The molecule has 0 spiro atoms. The molecule has 2 heterocycles.